The van der Waals surface area contributed by atoms with E-state index in [1.807, 2.05) is 6.92 Å². The summed E-state index contributed by atoms with van der Waals surface area (Å²) < 4.78 is 0. The van der Waals surface area contributed by atoms with E-state index in [2.05, 4.69) is 4.90 Å². The largest absolute Gasteiger partial charge is 0.480 e. The lowest BCUT2D eigenvalue weighted by molar-refractivity contribution is -0.139. The third-order valence-electron chi connectivity index (χ3n) is 2.96. The van der Waals surface area contributed by atoms with Gasteiger partial charge in [0.1, 0.15) is 6.04 Å². The normalized spacial score (nSPS) is 19.4. The van der Waals surface area contributed by atoms with Gasteiger partial charge in [-0.05, 0) is 25.3 Å². The number of nitrogens with zero attached hydrogens (tertiary/aromatic N) is 1. The Morgan fingerprint density at radius 2 is 2.29 bits per heavy atom. The Labute approximate surface area is 85.1 Å². The van der Waals surface area contributed by atoms with Crippen molar-refractivity contribution >= 4 is 5.97 Å². The van der Waals surface area contributed by atoms with E-state index in [-0.39, 0.29) is 0 Å². The van der Waals surface area contributed by atoms with Crippen LogP contribution in [-0.2, 0) is 4.79 Å². The zero-order chi connectivity index (χ0) is 10.6. The van der Waals surface area contributed by atoms with Crippen molar-refractivity contribution in [3.8, 4) is 0 Å². The van der Waals surface area contributed by atoms with Crippen molar-refractivity contribution in [2.75, 3.05) is 19.6 Å². The molecule has 0 aliphatic heterocycles. The summed E-state index contributed by atoms with van der Waals surface area (Å²) >= 11 is 0. The number of carboxylic acids is 1. The molecule has 3 N–H and O–H groups in total. The Bertz CT molecular complexity index is 193. The SMILES string of the molecule is CCN(CC1CCC1)CC(N)C(=O)O. The first-order valence-electron chi connectivity index (χ1n) is 5.34. The third kappa shape index (κ3) is 3.27. The standard InChI is InChI=1S/C10H20N2O2/c1-2-12(6-8-4-3-5-8)7-9(11)10(13)14/h8-9H,2-7,11H2,1H3,(H,13,14). The van der Waals surface area contributed by atoms with E-state index in [0.717, 1.165) is 19.0 Å². The fraction of sp³-hybridized carbons (Fsp3) is 0.900. The van der Waals surface area contributed by atoms with Gasteiger partial charge in [-0.2, -0.15) is 0 Å². The van der Waals surface area contributed by atoms with E-state index in [4.69, 9.17) is 10.8 Å². The van der Waals surface area contributed by atoms with Gasteiger partial charge >= 0.3 is 5.97 Å². The lowest BCUT2D eigenvalue weighted by atomic mass is 9.85. The molecule has 0 spiro atoms. The maximum atomic E-state index is 10.6. The molecule has 1 fully saturated rings. The van der Waals surface area contributed by atoms with Crippen LogP contribution in [0.25, 0.3) is 0 Å². The van der Waals surface area contributed by atoms with E-state index < -0.39 is 12.0 Å². The summed E-state index contributed by atoms with van der Waals surface area (Å²) in [5, 5.41) is 8.68. The van der Waals surface area contributed by atoms with Crippen molar-refractivity contribution in [3.05, 3.63) is 0 Å². The molecule has 1 atom stereocenters. The molecule has 82 valence electrons. The number of carboxylic acid groups (broad SMARTS) is 1. The van der Waals surface area contributed by atoms with Gasteiger partial charge < -0.3 is 15.7 Å². The molecule has 1 saturated carbocycles. The highest BCUT2D eigenvalue weighted by atomic mass is 16.4. The zero-order valence-corrected chi connectivity index (χ0v) is 8.78. The molecule has 0 aromatic heterocycles. The molecule has 1 unspecified atom stereocenters. The molecule has 1 aliphatic rings. The zero-order valence-electron chi connectivity index (χ0n) is 8.78. The number of aliphatic carboxylic acids is 1. The summed E-state index contributed by atoms with van der Waals surface area (Å²) in [5.74, 6) is -0.131. The van der Waals surface area contributed by atoms with Crippen LogP contribution >= 0.6 is 0 Å². The summed E-state index contributed by atoms with van der Waals surface area (Å²) in [6.45, 7) is 4.42. The third-order valence-corrected chi connectivity index (χ3v) is 2.96. The molecule has 1 aliphatic carbocycles. The van der Waals surface area contributed by atoms with Crippen molar-refractivity contribution in [3.63, 3.8) is 0 Å². The summed E-state index contributed by atoms with van der Waals surface area (Å²) in [7, 11) is 0. The highest BCUT2D eigenvalue weighted by molar-refractivity contribution is 5.73. The lowest BCUT2D eigenvalue weighted by Gasteiger charge is -2.32. The van der Waals surface area contributed by atoms with E-state index in [1.165, 1.54) is 19.3 Å². The predicted molar refractivity (Wildman–Crippen MR) is 55.1 cm³/mol. The second-order valence-corrected chi connectivity index (χ2v) is 4.09. The number of hydrogen-bond donors (Lipinski definition) is 2. The van der Waals surface area contributed by atoms with E-state index >= 15 is 0 Å². The van der Waals surface area contributed by atoms with Crippen LogP contribution in [0.1, 0.15) is 26.2 Å². The molecule has 0 amide bonds. The minimum atomic E-state index is -0.906. The van der Waals surface area contributed by atoms with Crippen LogP contribution in [0.3, 0.4) is 0 Å². The molecule has 14 heavy (non-hydrogen) atoms. The Hall–Kier alpha value is -0.610. The van der Waals surface area contributed by atoms with Gasteiger partial charge in [-0.15, -0.1) is 0 Å². The minimum Gasteiger partial charge on any atom is -0.480 e. The number of likely N-dealkylation sites (N-methyl/N-ethyl adjacent to an activating group) is 1. The predicted octanol–water partition coefficient (Wildman–Crippen LogP) is 0.520. The minimum absolute atomic E-state index is 0.475. The monoisotopic (exact) mass is 200 g/mol. The fourth-order valence-corrected chi connectivity index (χ4v) is 1.73. The van der Waals surface area contributed by atoms with Gasteiger partial charge in [0.2, 0.25) is 0 Å². The van der Waals surface area contributed by atoms with E-state index in [1.54, 1.807) is 0 Å². The van der Waals surface area contributed by atoms with Crippen LogP contribution in [0, 0.1) is 5.92 Å². The molecule has 0 aromatic carbocycles. The highest BCUT2D eigenvalue weighted by Crippen LogP contribution is 2.26. The van der Waals surface area contributed by atoms with Crippen LogP contribution in [0.2, 0.25) is 0 Å². The molecular formula is C10H20N2O2. The first-order valence-corrected chi connectivity index (χ1v) is 5.34. The van der Waals surface area contributed by atoms with Gasteiger partial charge in [-0.1, -0.05) is 13.3 Å². The summed E-state index contributed by atoms with van der Waals surface area (Å²) in [6, 6.07) is -0.741. The van der Waals surface area contributed by atoms with Crippen LogP contribution in [0.4, 0.5) is 0 Å². The number of rotatable bonds is 6. The Kier molecular flexibility index (Phi) is 4.35. The van der Waals surface area contributed by atoms with Gasteiger partial charge in [0.05, 0.1) is 0 Å². The summed E-state index contributed by atoms with van der Waals surface area (Å²) in [6.07, 6.45) is 3.91. The molecule has 0 heterocycles. The molecule has 0 aromatic rings. The van der Waals surface area contributed by atoms with Gasteiger partial charge in [0.25, 0.3) is 0 Å². The Morgan fingerprint density at radius 3 is 2.64 bits per heavy atom. The smallest absolute Gasteiger partial charge is 0.321 e. The second kappa shape index (κ2) is 5.32. The maximum absolute atomic E-state index is 10.6. The van der Waals surface area contributed by atoms with Gasteiger partial charge in [-0.3, -0.25) is 4.79 Å². The van der Waals surface area contributed by atoms with Crippen LogP contribution < -0.4 is 5.73 Å². The molecule has 0 saturated heterocycles. The first kappa shape index (κ1) is 11.5. The first-order chi connectivity index (χ1) is 6.63. The van der Waals surface area contributed by atoms with Crippen LogP contribution in [0.5, 0.6) is 0 Å². The average Bonchev–Trinajstić information content (AvgIpc) is 2.08. The average molecular weight is 200 g/mol. The number of hydrogen-bond acceptors (Lipinski definition) is 3. The van der Waals surface area contributed by atoms with Gasteiger partial charge in [-0.25, -0.2) is 0 Å². The molecule has 1 rings (SSSR count). The highest BCUT2D eigenvalue weighted by Gasteiger charge is 2.22. The molecule has 0 bridgehead atoms. The second-order valence-electron chi connectivity index (χ2n) is 4.09. The fourth-order valence-electron chi connectivity index (χ4n) is 1.73. The van der Waals surface area contributed by atoms with Crippen LogP contribution in [0.15, 0.2) is 0 Å². The lowest BCUT2D eigenvalue weighted by Crippen LogP contribution is -2.44. The van der Waals surface area contributed by atoms with Gasteiger partial charge in [0.15, 0.2) is 0 Å². The molecule has 4 nitrogen and oxygen atoms in total. The quantitative estimate of drug-likeness (QED) is 0.656. The number of nitrogens with two attached hydrogens (primary N) is 1. The van der Waals surface area contributed by atoms with Crippen molar-refractivity contribution in [2.24, 2.45) is 11.7 Å². The van der Waals surface area contributed by atoms with E-state index in [9.17, 15) is 4.79 Å². The Morgan fingerprint density at radius 1 is 1.64 bits per heavy atom. The van der Waals surface area contributed by atoms with E-state index in [0.29, 0.717) is 6.54 Å². The van der Waals surface area contributed by atoms with Gasteiger partial charge in [0, 0.05) is 13.1 Å². The van der Waals surface area contributed by atoms with Crippen molar-refractivity contribution < 1.29 is 9.90 Å². The Balaban J connectivity index is 2.26. The summed E-state index contributed by atoms with van der Waals surface area (Å²) in [4.78, 5) is 12.7. The molecule has 4 heteroatoms. The number of carbonyl (C=O) groups is 1. The molecule has 0 radical (unpaired) electrons. The maximum Gasteiger partial charge on any atom is 0.321 e. The topological polar surface area (TPSA) is 66.6 Å². The van der Waals surface area contributed by atoms with Crippen LogP contribution in [-0.4, -0.2) is 41.7 Å². The van der Waals surface area contributed by atoms with Crippen molar-refractivity contribution in [1.82, 2.24) is 4.90 Å². The summed E-state index contributed by atoms with van der Waals surface area (Å²) in [5.41, 5.74) is 5.49. The molecular weight excluding hydrogens is 180 g/mol. The van der Waals surface area contributed by atoms with Crippen molar-refractivity contribution in [1.29, 1.82) is 0 Å². The van der Waals surface area contributed by atoms with Crippen molar-refractivity contribution in [2.45, 2.75) is 32.2 Å².